The van der Waals surface area contributed by atoms with Crippen LogP contribution in [0.25, 0.3) is 16.8 Å². The molecule has 44 heavy (non-hydrogen) atoms. The highest BCUT2D eigenvalue weighted by Gasteiger charge is 2.30. The van der Waals surface area contributed by atoms with Gasteiger partial charge in [-0.25, -0.2) is 14.0 Å². The molecule has 2 amide bonds. The number of nitrogens with zero attached hydrogens (tertiary/aromatic N) is 8. The van der Waals surface area contributed by atoms with Gasteiger partial charge in [-0.1, -0.05) is 23.4 Å². The summed E-state index contributed by atoms with van der Waals surface area (Å²) in [5, 5.41) is 23.2. The van der Waals surface area contributed by atoms with E-state index in [4.69, 9.17) is 9.47 Å². The van der Waals surface area contributed by atoms with Crippen molar-refractivity contribution >= 4 is 17.5 Å². The molecule has 1 aliphatic rings. The molecule has 1 aliphatic heterocycles. The maximum absolute atomic E-state index is 12.9. The van der Waals surface area contributed by atoms with Gasteiger partial charge in [-0.05, 0) is 59.6 Å². The first-order valence-electron chi connectivity index (χ1n) is 14.7. The largest absolute Gasteiger partial charge is 0.484 e. The van der Waals surface area contributed by atoms with E-state index in [2.05, 4.69) is 21.5 Å². The highest BCUT2D eigenvalue weighted by molar-refractivity contribution is 5.95. The number of fused-ring (bicyclic) bond motifs is 1. The van der Waals surface area contributed by atoms with Gasteiger partial charge in [0.15, 0.2) is 0 Å². The average Bonchev–Trinajstić information content (AvgIpc) is 3.59. The lowest BCUT2D eigenvalue weighted by molar-refractivity contribution is 0.0183. The Morgan fingerprint density at radius 2 is 1.86 bits per heavy atom. The summed E-state index contributed by atoms with van der Waals surface area (Å²) in [4.78, 5) is 28.7. The summed E-state index contributed by atoms with van der Waals surface area (Å²) < 4.78 is 15.6. The highest BCUT2D eigenvalue weighted by Crippen LogP contribution is 2.35. The van der Waals surface area contributed by atoms with Crippen molar-refractivity contribution in [2.24, 2.45) is 0 Å². The molecule has 1 saturated heterocycles. The van der Waals surface area contributed by atoms with Crippen LogP contribution in [0.3, 0.4) is 0 Å². The van der Waals surface area contributed by atoms with Gasteiger partial charge in [0.1, 0.15) is 40.3 Å². The van der Waals surface area contributed by atoms with E-state index in [0.29, 0.717) is 41.2 Å². The molecule has 4 aromatic rings. The third kappa shape index (κ3) is 6.08. The monoisotopic (exact) mass is 598 g/mol. The molecule has 0 aliphatic carbocycles. The van der Waals surface area contributed by atoms with Crippen molar-refractivity contribution in [2.75, 3.05) is 27.2 Å². The summed E-state index contributed by atoms with van der Waals surface area (Å²) in [7, 11) is 3.42. The Kier molecular flexibility index (Phi) is 8.32. The molecule has 3 aromatic heterocycles. The van der Waals surface area contributed by atoms with Crippen LogP contribution in [0.1, 0.15) is 79.9 Å². The Morgan fingerprint density at radius 3 is 2.52 bits per heavy atom. The lowest BCUT2D eigenvalue weighted by Gasteiger charge is -2.33. The fraction of sp³-hybridized carbons (Fsp3) is 0.438. The molecular weight excluding hydrogens is 560 g/mol. The number of nitriles is 1. The van der Waals surface area contributed by atoms with Crippen molar-refractivity contribution in [2.45, 2.75) is 65.2 Å². The fourth-order valence-electron chi connectivity index (χ4n) is 5.50. The molecule has 12 nitrogen and oxygen atoms in total. The Labute approximate surface area is 256 Å². The van der Waals surface area contributed by atoms with Gasteiger partial charge in [0, 0.05) is 50.1 Å². The van der Waals surface area contributed by atoms with Crippen molar-refractivity contribution in [1.82, 2.24) is 34.4 Å². The standard InChI is InChI=1S/C32H38N8O4/c1-20-28(35-36-40(20)24-12-14-38(15-13-24)31(42)44-32(3,4)5)22-16-27(29-23(17-33)18-34-39(29)19-22)43-21(2)25-10-8-9-11-26(25)30(41)37(6)7/h8-11,16,18-19,21,24H,12-15H2,1-7H3. The van der Waals surface area contributed by atoms with E-state index in [9.17, 15) is 14.9 Å². The van der Waals surface area contributed by atoms with Crippen LogP contribution in [0.4, 0.5) is 4.79 Å². The normalized spacial score (nSPS) is 14.7. The summed E-state index contributed by atoms with van der Waals surface area (Å²) in [6, 6.07) is 11.5. The second-order valence-corrected chi connectivity index (χ2v) is 12.3. The number of hydrogen-bond donors (Lipinski definition) is 0. The van der Waals surface area contributed by atoms with Gasteiger partial charge in [-0.3, -0.25) is 4.79 Å². The Balaban J connectivity index is 1.44. The molecule has 1 unspecified atom stereocenters. The third-order valence-corrected chi connectivity index (χ3v) is 7.70. The molecule has 1 fully saturated rings. The van der Waals surface area contributed by atoms with E-state index < -0.39 is 11.7 Å². The van der Waals surface area contributed by atoms with Crippen LogP contribution in [0.2, 0.25) is 0 Å². The number of likely N-dealkylation sites (tertiary alicyclic amines) is 1. The van der Waals surface area contributed by atoms with E-state index in [0.717, 1.165) is 29.7 Å². The van der Waals surface area contributed by atoms with Crippen LogP contribution < -0.4 is 4.74 Å². The van der Waals surface area contributed by atoms with Crippen LogP contribution in [0.15, 0.2) is 42.7 Å². The smallest absolute Gasteiger partial charge is 0.410 e. The van der Waals surface area contributed by atoms with Crippen molar-refractivity contribution in [1.29, 1.82) is 5.26 Å². The van der Waals surface area contributed by atoms with Gasteiger partial charge in [0.25, 0.3) is 5.91 Å². The maximum atomic E-state index is 12.9. The molecule has 0 bridgehead atoms. The minimum absolute atomic E-state index is 0.0787. The molecule has 0 spiro atoms. The van der Waals surface area contributed by atoms with Gasteiger partial charge in [0.2, 0.25) is 0 Å². The highest BCUT2D eigenvalue weighted by atomic mass is 16.6. The first kappa shape index (κ1) is 30.5. The summed E-state index contributed by atoms with van der Waals surface area (Å²) >= 11 is 0. The number of aromatic nitrogens is 5. The molecule has 0 N–H and O–H groups in total. The predicted octanol–water partition coefficient (Wildman–Crippen LogP) is 5.19. The van der Waals surface area contributed by atoms with Crippen molar-refractivity contribution in [3.63, 3.8) is 0 Å². The number of benzene rings is 1. The van der Waals surface area contributed by atoms with E-state index in [1.54, 1.807) is 29.6 Å². The van der Waals surface area contributed by atoms with Crippen molar-refractivity contribution in [3.05, 3.63) is 65.1 Å². The summed E-state index contributed by atoms with van der Waals surface area (Å²) in [6.45, 7) is 10.6. The van der Waals surface area contributed by atoms with E-state index in [-0.39, 0.29) is 18.0 Å². The quantitative estimate of drug-likeness (QED) is 0.297. The SMILES string of the molecule is Cc1c(-c2cc(OC(C)c3ccccc3C(=O)N(C)C)c3c(C#N)cnn3c2)nnn1C1CCN(C(=O)OC(C)(C)C)CC1. The first-order chi connectivity index (χ1) is 20.9. The fourth-order valence-corrected chi connectivity index (χ4v) is 5.50. The molecule has 230 valence electrons. The number of piperidine rings is 1. The molecular formula is C32H38N8O4. The molecule has 1 atom stereocenters. The van der Waals surface area contributed by atoms with E-state index in [1.807, 2.05) is 69.8 Å². The van der Waals surface area contributed by atoms with Crippen LogP contribution in [-0.2, 0) is 4.74 Å². The topological polar surface area (TPSA) is 131 Å². The summed E-state index contributed by atoms with van der Waals surface area (Å²) in [6.07, 6.45) is 3.95. The van der Waals surface area contributed by atoms with E-state index >= 15 is 0 Å². The van der Waals surface area contributed by atoms with Crippen molar-refractivity contribution in [3.8, 4) is 23.1 Å². The molecule has 12 heteroatoms. The second-order valence-electron chi connectivity index (χ2n) is 12.3. The number of rotatable bonds is 6. The van der Waals surface area contributed by atoms with Crippen LogP contribution in [0.5, 0.6) is 5.75 Å². The number of pyridine rings is 1. The van der Waals surface area contributed by atoms with Gasteiger partial charge in [-0.2, -0.15) is 10.4 Å². The van der Waals surface area contributed by atoms with Crippen LogP contribution in [-0.4, -0.2) is 79.2 Å². The van der Waals surface area contributed by atoms with Gasteiger partial charge >= 0.3 is 6.09 Å². The van der Waals surface area contributed by atoms with Gasteiger partial charge in [-0.15, -0.1) is 5.10 Å². The molecule has 5 rings (SSSR count). The number of ether oxygens (including phenoxy) is 2. The average molecular weight is 599 g/mol. The van der Waals surface area contributed by atoms with Crippen LogP contribution in [0, 0.1) is 18.3 Å². The summed E-state index contributed by atoms with van der Waals surface area (Å²) in [5.41, 5.74) is 3.88. The van der Waals surface area contributed by atoms with Gasteiger partial charge in [0.05, 0.1) is 17.9 Å². The molecule has 0 radical (unpaired) electrons. The first-order valence-corrected chi connectivity index (χ1v) is 14.7. The third-order valence-electron chi connectivity index (χ3n) is 7.70. The lowest BCUT2D eigenvalue weighted by Crippen LogP contribution is -2.42. The van der Waals surface area contributed by atoms with Gasteiger partial charge < -0.3 is 19.3 Å². The zero-order chi connectivity index (χ0) is 31.8. The number of carbonyl (C=O) groups excluding carboxylic acids is 2. The Morgan fingerprint density at radius 1 is 1.16 bits per heavy atom. The zero-order valence-corrected chi connectivity index (χ0v) is 26.2. The number of carbonyl (C=O) groups is 2. The maximum Gasteiger partial charge on any atom is 0.410 e. The summed E-state index contributed by atoms with van der Waals surface area (Å²) in [5.74, 6) is 0.317. The zero-order valence-electron chi connectivity index (χ0n) is 26.2. The molecule has 1 aromatic carbocycles. The lowest BCUT2D eigenvalue weighted by atomic mass is 10.0. The van der Waals surface area contributed by atoms with E-state index in [1.165, 1.54) is 11.1 Å². The molecule has 0 saturated carbocycles. The van der Waals surface area contributed by atoms with Crippen molar-refractivity contribution < 1.29 is 19.1 Å². The Bertz CT molecular complexity index is 1740. The molecule has 4 heterocycles. The number of hydrogen-bond acceptors (Lipinski definition) is 8. The number of amides is 2. The minimum Gasteiger partial charge on any atom is -0.484 e. The van der Waals surface area contributed by atoms with Crippen LogP contribution >= 0.6 is 0 Å². The Hall–Kier alpha value is -4.92. The minimum atomic E-state index is -0.539. The predicted molar refractivity (Wildman–Crippen MR) is 163 cm³/mol. The second kappa shape index (κ2) is 12.0.